The van der Waals surface area contributed by atoms with Crippen LogP contribution in [0.5, 0.6) is 0 Å². The number of nitrogens with two attached hydrogens (primary N) is 1. The van der Waals surface area contributed by atoms with Gasteiger partial charge in [0.05, 0.1) is 19.8 Å². The fourth-order valence-corrected chi connectivity index (χ4v) is 1.44. The normalized spacial score (nSPS) is 14.7. The molecule has 0 heterocycles. The van der Waals surface area contributed by atoms with E-state index < -0.39 is 5.54 Å². The van der Waals surface area contributed by atoms with Crippen molar-refractivity contribution >= 4 is 0 Å². The molecule has 1 unspecified atom stereocenters. The lowest BCUT2D eigenvalue weighted by atomic mass is 9.97. The SMILES string of the molecule is COCCCOCCOCCCCC(C)(N)CO. The number of rotatable bonds is 13. The van der Waals surface area contributed by atoms with Crippen molar-refractivity contribution in [3.8, 4) is 0 Å². The zero-order valence-corrected chi connectivity index (χ0v) is 11.8. The van der Waals surface area contributed by atoms with Crippen molar-refractivity contribution in [2.24, 2.45) is 5.73 Å². The van der Waals surface area contributed by atoms with E-state index in [2.05, 4.69) is 0 Å². The number of aliphatic hydroxyl groups is 1. The molecule has 110 valence electrons. The van der Waals surface area contributed by atoms with Gasteiger partial charge in [-0.05, 0) is 32.6 Å². The fourth-order valence-electron chi connectivity index (χ4n) is 1.44. The van der Waals surface area contributed by atoms with Gasteiger partial charge in [0.25, 0.3) is 0 Å². The molecular weight excluding hydrogens is 234 g/mol. The summed E-state index contributed by atoms with van der Waals surface area (Å²) in [5, 5.41) is 8.97. The maximum absolute atomic E-state index is 8.97. The second kappa shape index (κ2) is 11.9. The van der Waals surface area contributed by atoms with Crippen molar-refractivity contribution in [2.45, 2.75) is 38.1 Å². The molecular formula is C13H29NO4. The first-order chi connectivity index (χ1) is 8.62. The minimum atomic E-state index is -0.454. The molecule has 0 aliphatic rings. The van der Waals surface area contributed by atoms with Crippen LogP contribution in [0.25, 0.3) is 0 Å². The smallest absolute Gasteiger partial charge is 0.0700 e. The minimum absolute atomic E-state index is 0.0309. The van der Waals surface area contributed by atoms with E-state index in [4.69, 9.17) is 25.1 Å². The largest absolute Gasteiger partial charge is 0.394 e. The highest BCUT2D eigenvalue weighted by molar-refractivity contribution is 4.76. The van der Waals surface area contributed by atoms with Crippen LogP contribution in [0.15, 0.2) is 0 Å². The molecule has 0 saturated carbocycles. The van der Waals surface area contributed by atoms with Crippen molar-refractivity contribution in [1.29, 1.82) is 0 Å². The molecule has 1 atom stereocenters. The van der Waals surface area contributed by atoms with Crippen molar-refractivity contribution in [2.75, 3.05) is 46.8 Å². The second-order valence-corrected chi connectivity index (χ2v) is 4.84. The third kappa shape index (κ3) is 12.3. The Kier molecular flexibility index (Phi) is 11.7. The standard InChI is InChI=1S/C13H29NO4/c1-13(14,12-15)6-3-4-8-17-10-11-18-9-5-7-16-2/h15H,3-12,14H2,1-2H3. The Hall–Kier alpha value is -0.200. The Balaban J connectivity index is 3.08. The van der Waals surface area contributed by atoms with Gasteiger partial charge in [-0.3, -0.25) is 0 Å². The quantitative estimate of drug-likeness (QED) is 0.484. The van der Waals surface area contributed by atoms with Crippen molar-refractivity contribution in [3.63, 3.8) is 0 Å². The fraction of sp³-hybridized carbons (Fsp3) is 1.00. The highest BCUT2D eigenvalue weighted by atomic mass is 16.5. The molecule has 0 rings (SSSR count). The second-order valence-electron chi connectivity index (χ2n) is 4.84. The Labute approximate surface area is 111 Å². The third-order valence-electron chi connectivity index (χ3n) is 2.66. The Morgan fingerprint density at radius 2 is 1.56 bits per heavy atom. The predicted octanol–water partition coefficient (Wildman–Crippen LogP) is 0.936. The molecule has 18 heavy (non-hydrogen) atoms. The van der Waals surface area contributed by atoms with Crippen LogP contribution in [0.2, 0.25) is 0 Å². The summed E-state index contributed by atoms with van der Waals surface area (Å²) in [6, 6.07) is 0. The zero-order chi connectivity index (χ0) is 13.7. The molecule has 0 aromatic heterocycles. The molecule has 0 saturated heterocycles. The summed E-state index contributed by atoms with van der Waals surface area (Å²) in [7, 11) is 1.69. The molecule has 0 bridgehead atoms. The molecule has 0 aliphatic carbocycles. The van der Waals surface area contributed by atoms with Gasteiger partial charge in [0.15, 0.2) is 0 Å². The highest BCUT2D eigenvalue weighted by Crippen LogP contribution is 2.09. The van der Waals surface area contributed by atoms with E-state index in [1.165, 1.54) is 0 Å². The van der Waals surface area contributed by atoms with E-state index in [1.807, 2.05) is 6.92 Å². The van der Waals surface area contributed by atoms with Gasteiger partial charge >= 0.3 is 0 Å². The number of hydrogen-bond acceptors (Lipinski definition) is 5. The first-order valence-corrected chi connectivity index (χ1v) is 6.66. The van der Waals surface area contributed by atoms with Crippen LogP contribution < -0.4 is 5.73 Å². The highest BCUT2D eigenvalue weighted by Gasteiger charge is 2.15. The van der Waals surface area contributed by atoms with E-state index in [1.54, 1.807) is 7.11 Å². The summed E-state index contributed by atoms with van der Waals surface area (Å²) in [4.78, 5) is 0. The van der Waals surface area contributed by atoms with Gasteiger partial charge in [0, 0.05) is 32.5 Å². The molecule has 0 fully saturated rings. The number of ether oxygens (including phenoxy) is 3. The number of hydrogen-bond donors (Lipinski definition) is 2. The molecule has 0 aliphatic heterocycles. The summed E-state index contributed by atoms with van der Waals surface area (Å²) in [5.41, 5.74) is 5.36. The Morgan fingerprint density at radius 3 is 2.11 bits per heavy atom. The van der Waals surface area contributed by atoms with Crippen LogP contribution in [-0.2, 0) is 14.2 Å². The van der Waals surface area contributed by atoms with Crippen molar-refractivity contribution < 1.29 is 19.3 Å². The lowest BCUT2D eigenvalue weighted by Crippen LogP contribution is -2.39. The lowest BCUT2D eigenvalue weighted by molar-refractivity contribution is 0.0382. The van der Waals surface area contributed by atoms with Crippen molar-refractivity contribution in [1.82, 2.24) is 0 Å². The van der Waals surface area contributed by atoms with Crippen molar-refractivity contribution in [3.05, 3.63) is 0 Å². The van der Waals surface area contributed by atoms with Gasteiger partial charge in [-0.1, -0.05) is 0 Å². The molecule has 0 aromatic rings. The molecule has 0 spiro atoms. The first kappa shape index (κ1) is 17.8. The van der Waals surface area contributed by atoms with E-state index in [0.717, 1.165) is 45.5 Å². The average Bonchev–Trinajstić information content (AvgIpc) is 2.36. The number of unbranched alkanes of at least 4 members (excludes halogenated alkanes) is 1. The third-order valence-corrected chi connectivity index (χ3v) is 2.66. The van der Waals surface area contributed by atoms with Crippen LogP contribution in [0.1, 0.15) is 32.6 Å². The Morgan fingerprint density at radius 1 is 0.944 bits per heavy atom. The van der Waals surface area contributed by atoms with Gasteiger partial charge in [0.1, 0.15) is 0 Å². The van der Waals surface area contributed by atoms with Crippen LogP contribution >= 0.6 is 0 Å². The molecule has 5 nitrogen and oxygen atoms in total. The van der Waals surface area contributed by atoms with Gasteiger partial charge in [-0.25, -0.2) is 0 Å². The molecule has 0 amide bonds. The summed E-state index contributed by atoms with van der Waals surface area (Å²) < 4.78 is 15.7. The van der Waals surface area contributed by atoms with Gasteiger partial charge < -0.3 is 25.1 Å². The molecule has 3 N–H and O–H groups in total. The first-order valence-electron chi connectivity index (χ1n) is 6.66. The summed E-state index contributed by atoms with van der Waals surface area (Å²) in [6.07, 6.45) is 3.69. The maximum atomic E-state index is 8.97. The average molecular weight is 263 g/mol. The van der Waals surface area contributed by atoms with Crippen LogP contribution in [-0.4, -0.2) is 57.4 Å². The topological polar surface area (TPSA) is 73.9 Å². The minimum Gasteiger partial charge on any atom is -0.394 e. The Bertz CT molecular complexity index is 176. The summed E-state index contributed by atoms with van der Waals surface area (Å²) >= 11 is 0. The monoisotopic (exact) mass is 263 g/mol. The summed E-state index contributed by atoms with van der Waals surface area (Å²) in [6.45, 7) is 5.35. The van der Waals surface area contributed by atoms with E-state index in [0.29, 0.717) is 13.2 Å². The zero-order valence-electron chi connectivity index (χ0n) is 11.8. The molecule has 0 radical (unpaired) electrons. The van der Waals surface area contributed by atoms with Gasteiger partial charge in [-0.2, -0.15) is 0 Å². The molecule has 0 aromatic carbocycles. The van der Waals surface area contributed by atoms with E-state index in [9.17, 15) is 0 Å². The van der Waals surface area contributed by atoms with Gasteiger partial charge in [0.2, 0.25) is 0 Å². The van der Waals surface area contributed by atoms with Crippen LogP contribution in [0.3, 0.4) is 0 Å². The lowest BCUT2D eigenvalue weighted by Gasteiger charge is -2.21. The molecule has 5 heteroatoms. The van der Waals surface area contributed by atoms with E-state index in [-0.39, 0.29) is 6.61 Å². The summed E-state index contributed by atoms with van der Waals surface area (Å²) in [5.74, 6) is 0. The number of methoxy groups -OCH3 is 1. The van der Waals surface area contributed by atoms with Crippen LogP contribution in [0.4, 0.5) is 0 Å². The predicted molar refractivity (Wildman–Crippen MR) is 71.7 cm³/mol. The number of aliphatic hydroxyl groups excluding tert-OH is 1. The van der Waals surface area contributed by atoms with E-state index >= 15 is 0 Å². The van der Waals surface area contributed by atoms with Crippen LogP contribution in [0, 0.1) is 0 Å². The van der Waals surface area contributed by atoms with Gasteiger partial charge in [-0.15, -0.1) is 0 Å². The maximum Gasteiger partial charge on any atom is 0.0700 e.